The Hall–Kier alpha value is -2.29. The highest BCUT2D eigenvalue weighted by molar-refractivity contribution is 5.70. The molecule has 3 heteroatoms. The van der Waals surface area contributed by atoms with Crippen molar-refractivity contribution in [2.45, 2.75) is 6.42 Å². The number of hydrogen-bond donors (Lipinski definition) is 2. The highest BCUT2D eigenvalue weighted by atomic mass is 19.1. The van der Waals surface area contributed by atoms with Crippen LogP contribution in [0.25, 0.3) is 11.1 Å². The largest absolute Gasteiger partial charge is 0.504 e. The molecule has 0 aromatic heterocycles. The number of hydrogen-bond acceptors (Lipinski definition) is 2. The molecular weight excluding hydrogens is 231 g/mol. The van der Waals surface area contributed by atoms with Crippen molar-refractivity contribution in [3.63, 3.8) is 0 Å². The minimum atomic E-state index is -0.412. The highest BCUT2D eigenvalue weighted by Crippen LogP contribution is 2.32. The molecule has 0 atom stereocenters. The Bertz CT molecular complexity index is 591. The van der Waals surface area contributed by atoms with E-state index in [2.05, 4.69) is 6.58 Å². The third-order valence-corrected chi connectivity index (χ3v) is 2.69. The normalized spacial score (nSPS) is 10.3. The van der Waals surface area contributed by atoms with Crippen molar-refractivity contribution in [2.24, 2.45) is 0 Å². The average Bonchev–Trinajstić information content (AvgIpc) is 2.33. The minimum absolute atomic E-state index is 0.137. The Kier molecular flexibility index (Phi) is 3.33. The van der Waals surface area contributed by atoms with E-state index in [1.807, 2.05) is 24.3 Å². The topological polar surface area (TPSA) is 40.5 Å². The molecular formula is C15H13FO2. The Labute approximate surface area is 105 Å². The van der Waals surface area contributed by atoms with E-state index in [1.165, 1.54) is 12.1 Å². The molecule has 0 heterocycles. The van der Waals surface area contributed by atoms with Gasteiger partial charge in [0, 0.05) is 6.42 Å². The van der Waals surface area contributed by atoms with Crippen LogP contribution in [0.15, 0.2) is 54.9 Å². The van der Waals surface area contributed by atoms with Crippen LogP contribution in [0, 0.1) is 0 Å². The van der Waals surface area contributed by atoms with Gasteiger partial charge in [-0.2, -0.15) is 0 Å². The van der Waals surface area contributed by atoms with Crippen molar-refractivity contribution >= 4 is 0 Å². The van der Waals surface area contributed by atoms with Crippen LogP contribution < -0.4 is 0 Å². The molecule has 0 amide bonds. The fourth-order valence-electron chi connectivity index (χ4n) is 1.85. The van der Waals surface area contributed by atoms with Gasteiger partial charge in [-0.3, -0.25) is 0 Å². The summed E-state index contributed by atoms with van der Waals surface area (Å²) < 4.78 is 12.9. The van der Waals surface area contributed by atoms with Gasteiger partial charge in [0.1, 0.15) is 0 Å². The van der Waals surface area contributed by atoms with Gasteiger partial charge in [-0.25, -0.2) is 4.39 Å². The lowest BCUT2D eigenvalue weighted by Crippen LogP contribution is -1.90. The summed E-state index contributed by atoms with van der Waals surface area (Å²) in [4.78, 5) is 0. The smallest absolute Gasteiger partial charge is 0.158 e. The molecule has 0 saturated carbocycles. The molecule has 0 aliphatic rings. The van der Waals surface area contributed by atoms with Crippen molar-refractivity contribution < 1.29 is 14.6 Å². The predicted molar refractivity (Wildman–Crippen MR) is 69.2 cm³/mol. The first-order chi connectivity index (χ1) is 8.58. The highest BCUT2D eigenvalue weighted by Gasteiger charge is 2.08. The maximum atomic E-state index is 12.9. The quantitative estimate of drug-likeness (QED) is 0.806. The zero-order valence-electron chi connectivity index (χ0n) is 9.73. The maximum absolute atomic E-state index is 12.9. The first-order valence-electron chi connectivity index (χ1n) is 5.51. The van der Waals surface area contributed by atoms with Crippen molar-refractivity contribution in [3.05, 3.63) is 60.4 Å². The molecule has 0 aliphatic heterocycles. The zero-order valence-corrected chi connectivity index (χ0v) is 9.73. The zero-order chi connectivity index (χ0) is 13.1. The van der Waals surface area contributed by atoms with Crippen LogP contribution in [0.3, 0.4) is 0 Å². The number of halogens is 1. The van der Waals surface area contributed by atoms with Crippen molar-refractivity contribution in [2.75, 3.05) is 0 Å². The van der Waals surface area contributed by atoms with E-state index < -0.39 is 5.83 Å². The minimum Gasteiger partial charge on any atom is -0.504 e. The summed E-state index contributed by atoms with van der Waals surface area (Å²) in [6.07, 6.45) is 0.137. The number of aromatic hydroxyl groups is 2. The first kappa shape index (κ1) is 12.2. The third kappa shape index (κ3) is 2.51. The molecule has 0 bridgehead atoms. The molecule has 0 spiro atoms. The Balaban J connectivity index is 2.49. The van der Waals surface area contributed by atoms with E-state index in [9.17, 15) is 14.6 Å². The number of benzene rings is 2. The molecule has 2 nitrogen and oxygen atoms in total. The molecule has 2 N–H and O–H groups in total. The fraction of sp³-hybridized carbons (Fsp3) is 0.0667. The molecule has 0 unspecified atom stereocenters. The standard InChI is InChI=1S/C15H13FO2/c1-10(16)8-11-4-2-3-5-13(11)12-6-7-14(17)15(18)9-12/h2-7,9,17-18H,1,8H2. The van der Waals surface area contributed by atoms with Crippen LogP contribution >= 0.6 is 0 Å². The van der Waals surface area contributed by atoms with Crippen LogP contribution in [0.4, 0.5) is 4.39 Å². The van der Waals surface area contributed by atoms with Crippen molar-refractivity contribution in [1.29, 1.82) is 0 Å². The summed E-state index contributed by atoms with van der Waals surface area (Å²) in [5.74, 6) is -0.780. The van der Waals surface area contributed by atoms with E-state index >= 15 is 0 Å². The lowest BCUT2D eigenvalue weighted by molar-refractivity contribution is 0.404. The summed E-state index contributed by atoms with van der Waals surface area (Å²) in [5.41, 5.74) is 2.32. The summed E-state index contributed by atoms with van der Waals surface area (Å²) >= 11 is 0. The number of allylic oxidation sites excluding steroid dienone is 1. The third-order valence-electron chi connectivity index (χ3n) is 2.69. The molecule has 0 saturated heterocycles. The lowest BCUT2D eigenvalue weighted by atomic mass is 9.97. The summed E-state index contributed by atoms with van der Waals surface area (Å²) in [6.45, 7) is 3.26. The second-order valence-corrected chi connectivity index (χ2v) is 4.05. The number of phenolic OH excluding ortho intramolecular Hbond substituents is 2. The summed E-state index contributed by atoms with van der Waals surface area (Å²) in [5, 5.41) is 18.8. The van der Waals surface area contributed by atoms with Crippen LogP contribution in [-0.4, -0.2) is 10.2 Å². The van der Waals surface area contributed by atoms with E-state index in [4.69, 9.17) is 0 Å². The predicted octanol–water partition coefficient (Wildman–Crippen LogP) is 3.79. The molecule has 2 aromatic carbocycles. The molecule has 0 aliphatic carbocycles. The van der Waals surface area contributed by atoms with E-state index in [-0.39, 0.29) is 17.9 Å². The van der Waals surface area contributed by atoms with Crippen LogP contribution in [-0.2, 0) is 6.42 Å². The van der Waals surface area contributed by atoms with Gasteiger partial charge in [0.25, 0.3) is 0 Å². The van der Waals surface area contributed by atoms with Crippen LogP contribution in [0.5, 0.6) is 11.5 Å². The van der Waals surface area contributed by atoms with Crippen LogP contribution in [0.1, 0.15) is 5.56 Å². The SMILES string of the molecule is C=C(F)Cc1ccccc1-c1ccc(O)c(O)c1. The van der Waals surface area contributed by atoms with E-state index in [1.54, 1.807) is 6.07 Å². The van der Waals surface area contributed by atoms with Gasteiger partial charge in [0.05, 0.1) is 5.83 Å². The van der Waals surface area contributed by atoms with E-state index in [0.29, 0.717) is 0 Å². The fourth-order valence-corrected chi connectivity index (χ4v) is 1.85. The average molecular weight is 244 g/mol. The first-order valence-corrected chi connectivity index (χ1v) is 5.51. The van der Waals surface area contributed by atoms with Gasteiger partial charge in [0.15, 0.2) is 11.5 Å². The van der Waals surface area contributed by atoms with Crippen LogP contribution in [0.2, 0.25) is 0 Å². The summed E-state index contributed by atoms with van der Waals surface area (Å²) in [7, 11) is 0. The van der Waals surface area contributed by atoms with Gasteiger partial charge >= 0.3 is 0 Å². The second-order valence-electron chi connectivity index (χ2n) is 4.05. The summed E-state index contributed by atoms with van der Waals surface area (Å²) in [6, 6.07) is 11.8. The second kappa shape index (κ2) is 4.92. The van der Waals surface area contributed by atoms with Gasteiger partial charge in [0.2, 0.25) is 0 Å². The van der Waals surface area contributed by atoms with Crippen molar-refractivity contribution in [1.82, 2.24) is 0 Å². The van der Waals surface area contributed by atoms with E-state index in [0.717, 1.165) is 16.7 Å². The Morgan fingerprint density at radius 3 is 2.44 bits per heavy atom. The molecule has 2 aromatic rings. The van der Waals surface area contributed by atoms with Gasteiger partial charge in [-0.05, 0) is 28.8 Å². The number of rotatable bonds is 3. The molecule has 18 heavy (non-hydrogen) atoms. The monoisotopic (exact) mass is 244 g/mol. The van der Waals surface area contributed by atoms with Gasteiger partial charge in [-0.1, -0.05) is 36.9 Å². The molecule has 0 radical (unpaired) electrons. The van der Waals surface area contributed by atoms with Gasteiger partial charge in [-0.15, -0.1) is 0 Å². The Morgan fingerprint density at radius 2 is 1.78 bits per heavy atom. The maximum Gasteiger partial charge on any atom is 0.158 e. The molecule has 92 valence electrons. The lowest BCUT2D eigenvalue weighted by Gasteiger charge is -2.09. The van der Waals surface area contributed by atoms with Gasteiger partial charge < -0.3 is 10.2 Å². The number of phenols is 2. The molecule has 0 fully saturated rings. The molecule has 2 rings (SSSR count). The van der Waals surface area contributed by atoms with Crippen molar-refractivity contribution in [3.8, 4) is 22.6 Å². The Morgan fingerprint density at radius 1 is 1.06 bits per heavy atom.